The van der Waals surface area contributed by atoms with E-state index in [9.17, 15) is 0 Å². The summed E-state index contributed by atoms with van der Waals surface area (Å²) in [7, 11) is 0. The monoisotopic (exact) mass is 290 g/mol. The maximum Gasteiger partial charge on any atom is 0.141 e. The van der Waals surface area contributed by atoms with E-state index in [1.807, 2.05) is 18.2 Å². The van der Waals surface area contributed by atoms with Crippen LogP contribution in [0.2, 0.25) is 0 Å². The SMILES string of the molecule is CC(CN1CCCC1)NC(CC(N)=NO)c1ccccc1. The molecule has 1 aromatic carbocycles. The largest absolute Gasteiger partial charge is 0.409 e. The first-order valence-electron chi connectivity index (χ1n) is 7.69. The molecule has 1 aliphatic rings. The molecule has 5 nitrogen and oxygen atoms in total. The fourth-order valence-electron chi connectivity index (χ4n) is 2.96. The van der Waals surface area contributed by atoms with Crippen LogP contribution in [0.3, 0.4) is 0 Å². The summed E-state index contributed by atoms with van der Waals surface area (Å²) in [6.45, 7) is 5.63. The Labute approximate surface area is 126 Å². The van der Waals surface area contributed by atoms with Crippen molar-refractivity contribution in [2.24, 2.45) is 10.9 Å². The highest BCUT2D eigenvalue weighted by Gasteiger charge is 2.19. The molecule has 1 fully saturated rings. The maximum absolute atomic E-state index is 8.82. The molecule has 1 saturated heterocycles. The van der Waals surface area contributed by atoms with Crippen molar-refractivity contribution in [3.63, 3.8) is 0 Å². The second-order valence-corrected chi connectivity index (χ2v) is 5.83. The van der Waals surface area contributed by atoms with Crippen LogP contribution in [-0.4, -0.2) is 41.6 Å². The summed E-state index contributed by atoms with van der Waals surface area (Å²) in [6.07, 6.45) is 3.11. The Morgan fingerprint density at radius 1 is 1.33 bits per heavy atom. The van der Waals surface area contributed by atoms with Crippen LogP contribution in [0.5, 0.6) is 0 Å². The van der Waals surface area contributed by atoms with Crippen molar-refractivity contribution in [1.29, 1.82) is 0 Å². The van der Waals surface area contributed by atoms with E-state index >= 15 is 0 Å². The van der Waals surface area contributed by atoms with Gasteiger partial charge in [0.15, 0.2) is 0 Å². The molecule has 0 bridgehead atoms. The Hall–Kier alpha value is -1.59. The first-order chi connectivity index (χ1) is 10.2. The van der Waals surface area contributed by atoms with Crippen LogP contribution in [0.4, 0.5) is 0 Å². The lowest BCUT2D eigenvalue weighted by Crippen LogP contribution is -2.40. The third kappa shape index (κ3) is 5.02. The normalized spacial score (nSPS) is 19.6. The molecule has 4 N–H and O–H groups in total. The Balaban J connectivity index is 1.97. The summed E-state index contributed by atoms with van der Waals surface area (Å²) in [5.41, 5.74) is 6.86. The molecule has 5 heteroatoms. The van der Waals surface area contributed by atoms with Crippen LogP contribution in [0.15, 0.2) is 35.5 Å². The third-order valence-corrected chi connectivity index (χ3v) is 3.96. The summed E-state index contributed by atoms with van der Waals surface area (Å²) in [6, 6.07) is 10.6. The van der Waals surface area contributed by atoms with Crippen molar-refractivity contribution < 1.29 is 5.21 Å². The first kappa shape index (κ1) is 15.8. The molecule has 0 aliphatic carbocycles. The summed E-state index contributed by atoms with van der Waals surface area (Å²) in [5.74, 6) is 0.254. The molecule has 0 saturated carbocycles. The van der Waals surface area contributed by atoms with Gasteiger partial charge in [0.05, 0.1) is 0 Å². The minimum absolute atomic E-state index is 0.0692. The number of nitrogens with zero attached hydrogens (tertiary/aromatic N) is 2. The molecule has 2 atom stereocenters. The van der Waals surface area contributed by atoms with Crippen molar-refractivity contribution in [3.05, 3.63) is 35.9 Å². The number of nitrogens with one attached hydrogen (secondary N) is 1. The van der Waals surface area contributed by atoms with E-state index < -0.39 is 0 Å². The number of nitrogens with two attached hydrogens (primary N) is 1. The second-order valence-electron chi connectivity index (χ2n) is 5.83. The van der Waals surface area contributed by atoms with Crippen LogP contribution >= 0.6 is 0 Å². The molecular formula is C16H26N4O. The van der Waals surface area contributed by atoms with Gasteiger partial charge in [-0.25, -0.2) is 0 Å². The van der Waals surface area contributed by atoms with Gasteiger partial charge in [0, 0.05) is 25.0 Å². The van der Waals surface area contributed by atoms with Gasteiger partial charge in [0.2, 0.25) is 0 Å². The lowest BCUT2D eigenvalue weighted by Gasteiger charge is -2.26. The standard InChI is InChI=1S/C16H26N4O/c1-13(12-20-9-5-6-10-20)18-15(11-16(17)19-21)14-7-3-2-4-8-14/h2-4,7-8,13,15,18,21H,5-6,9-12H2,1H3,(H2,17,19). The minimum Gasteiger partial charge on any atom is -0.409 e. The summed E-state index contributed by atoms with van der Waals surface area (Å²) < 4.78 is 0. The molecule has 0 radical (unpaired) electrons. The highest BCUT2D eigenvalue weighted by molar-refractivity contribution is 5.80. The molecule has 0 aromatic heterocycles. The van der Waals surface area contributed by atoms with Crippen LogP contribution in [0.25, 0.3) is 0 Å². The van der Waals surface area contributed by atoms with Gasteiger partial charge in [-0.05, 0) is 38.4 Å². The van der Waals surface area contributed by atoms with Crippen LogP contribution in [0, 0.1) is 0 Å². The Kier molecular flexibility index (Phi) is 6.02. The molecule has 1 heterocycles. The highest BCUT2D eigenvalue weighted by Crippen LogP contribution is 2.18. The second kappa shape index (κ2) is 8.00. The van der Waals surface area contributed by atoms with E-state index in [2.05, 4.69) is 34.4 Å². The van der Waals surface area contributed by atoms with Crippen molar-refractivity contribution in [1.82, 2.24) is 10.2 Å². The van der Waals surface area contributed by atoms with Crippen LogP contribution in [0.1, 0.15) is 37.8 Å². The lowest BCUT2D eigenvalue weighted by atomic mass is 10.0. The number of rotatable bonds is 7. The quantitative estimate of drug-likeness (QED) is 0.310. The van der Waals surface area contributed by atoms with E-state index in [0.29, 0.717) is 12.5 Å². The van der Waals surface area contributed by atoms with Gasteiger partial charge in [-0.3, -0.25) is 0 Å². The van der Waals surface area contributed by atoms with Crippen molar-refractivity contribution >= 4 is 5.84 Å². The van der Waals surface area contributed by atoms with Gasteiger partial charge in [0.1, 0.15) is 5.84 Å². The van der Waals surface area contributed by atoms with Gasteiger partial charge >= 0.3 is 0 Å². The Morgan fingerprint density at radius 2 is 2.00 bits per heavy atom. The number of likely N-dealkylation sites (tertiary alicyclic amines) is 1. The van der Waals surface area contributed by atoms with E-state index in [4.69, 9.17) is 10.9 Å². The third-order valence-electron chi connectivity index (χ3n) is 3.96. The number of hydrogen-bond donors (Lipinski definition) is 3. The van der Waals surface area contributed by atoms with E-state index in [1.165, 1.54) is 25.9 Å². The molecule has 21 heavy (non-hydrogen) atoms. The van der Waals surface area contributed by atoms with Crippen molar-refractivity contribution in [2.45, 2.75) is 38.3 Å². The van der Waals surface area contributed by atoms with E-state index in [-0.39, 0.29) is 11.9 Å². The van der Waals surface area contributed by atoms with Gasteiger partial charge in [-0.2, -0.15) is 0 Å². The van der Waals surface area contributed by atoms with Crippen molar-refractivity contribution in [3.8, 4) is 0 Å². The molecule has 0 amide bonds. The zero-order valence-electron chi connectivity index (χ0n) is 12.7. The van der Waals surface area contributed by atoms with Crippen molar-refractivity contribution in [2.75, 3.05) is 19.6 Å². The molecule has 1 aliphatic heterocycles. The van der Waals surface area contributed by atoms with Gasteiger partial charge in [0.25, 0.3) is 0 Å². The summed E-state index contributed by atoms with van der Waals surface area (Å²) in [4.78, 5) is 2.49. The van der Waals surface area contributed by atoms with Crippen LogP contribution < -0.4 is 11.1 Å². The maximum atomic E-state index is 8.82. The summed E-state index contributed by atoms with van der Waals surface area (Å²) in [5, 5.41) is 15.5. The Bertz CT molecular complexity index is 443. The number of oxime groups is 1. The van der Waals surface area contributed by atoms with E-state index in [1.54, 1.807) is 0 Å². The smallest absolute Gasteiger partial charge is 0.141 e. The predicted molar refractivity (Wildman–Crippen MR) is 85.5 cm³/mol. The number of benzene rings is 1. The molecule has 1 aromatic rings. The Morgan fingerprint density at radius 3 is 2.62 bits per heavy atom. The summed E-state index contributed by atoms with van der Waals surface area (Å²) >= 11 is 0. The average molecular weight is 290 g/mol. The first-order valence-corrected chi connectivity index (χ1v) is 7.69. The molecule has 0 spiro atoms. The van der Waals surface area contributed by atoms with Gasteiger partial charge < -0.3 is 21.2 Å². The predicted octanol–water partition coefficient (Wildman–Crippen LogP) is 1.94. The minimum atomic E-state index is 0.0692. The number of amidine groups is 1. The fraction of sp³-hybridized carbons (Fsp3) is 0.562. The van der Waals surface area contributed by atoms with Crippen LogP contribution in [-0.2, 0) is 0 Å². The molecule has 116 valence electrons. The highest BCUT2D eigenvalue weighted by atomic mass is 16.4. The van der Waals surface area contributed by atoms with Gasteiger partial charge in [-0.15, -0.1) is 0 Å². The lowest BCUT2D eigenvalue weighted by molar-refractivity contribution is 0.285. The number of hydrogen-bond acceptors (Lipinski definition) is 4. The molecular weight excluding hydrogens is 264 g/mol. The zero-order valence-corrected chi connectivity index (χ0v) is 12.7. The molecule has 2 rings (SSSR count). The zero-order chi connectivity index (χ0) is 15.1. The fourth-order valence-corrected chi connectivity index (χ4v) is 2.96. The molecule has 2 unspecified atom stereocenters. The van der Waals surface area contributed by atoms with E-state index in [0.717, 1.165) is 12.1 Å². The average Bonchev–Trinajstić information content (AvgIpc) is 3.00. The van der Waals surface area contributed by atoms with Gasteiger partial charge in [-0.1, -0.05) is 35.5 Å². The topological polar surface area (TPSA) is 73.9 Å².